The van der Waals surface area contributed by atoms with Crippen molar-refractivity contribution in [1.29, 1.82) is 0 Å². The van der Waals surface area contributed by atoms with Gasteiger partial charge in [0.15, 0.2) is 0 Å². The van der Waals surface area contributed by atoms with Gasteiger partial charge in [-0.15, -0.1) is 0 Å². The van der Waals surface area contributed by atoms with Crippen LogP contribution in [0.5, 0.6) is 5.75 Å². The number of imide groups is 2. The highest BCUT2D eigenvalue weighted by Crippen LogP contribution is 2.30. The molecular weight excluding hydrogens is 386 g/mol. The van der Waals surface area contributed by atoms with Gasteiger partial charge in [0, 0.05) is 25.1 Å². The van der Waals surface area contributed by atoms with E-state index in [-0.39, 0.29) is 17.4 Å². The summed E-state index contributed by atoms with van der Waals surface area (Å²) >= 11 is 0. The van der Waals surface area contributed by atoms with Gasteiger partial charge in [-0.05, 0) is 35.7 Å². The number of benzene rings is 2. The molecule has 4 rings (SSSR count). The van der Waals surface area contributed by atoms with Crippen LogP contribution in [0.1, 0.15) is 44.7 Å². The lowest BCUT2D eigenvalue weighted by Gasteiger charge is -2.29. The number of methoxy groups -OCH3 is 1. The van der Waals surface area contributed by atoms with Crippen molar-refractivity contribution in [2.45, 2.75) is 32.0 Å². The Bertz CT molecular complexity index is 1050. The Kier molecular flexibility index (Phi) is 5.33. The van der Waals surface area contributed by atoms with Crippen molar-refractivity contribution < 1.29 is 23.9 Å². The molecule has 2 aliphatic rings. The van der Waals surface area contributed by atoms with E-state index in [1.807, 2.05) is 11.0 Å². The van der Waals surface area contributed by atoms with E-state index in [0.29, 0.717) is 37.2 Å². The van der Waals surface area contributed by atoms with Crippen LogP contribution in [-0.2, 0) is 22.7 Å². The molecule has 0 aliphatic carbocycles. The number of carbonyl (C=O) groups excluding carboxylic acids is 4. The second-order valence-electron chi connectivity index (χ2n) is 7.30. The Labute approximate surface area is 173 Å². The third kappa shape index (κ3) is 3.69. The number of nitrogens with one attached hydrogen (secondary N) is 2. The molecular formula is C22H21N3O5. The number of para-hydroxylation sites is 1. The average molecular weight is 407 g/mol. The third-order valence-corrected chi connectivity index (χ3v) is 5.48. The molecule has 30 heavy (non-hydrogen) atoms. The number of hydrogen-bond acceptors (Lipinski definition) is 6. The molecule has 4 amide bonds. The minimum atomic E-state index is -0.546. The highest BCUT2D eigenvalue weighted by atomic mass is 16.5. The Hall–Kier alpha value is -3.52. The summed E-state index contributed by atoms with van der Waals surface area (Å²) in [5.74, 6) is -1.24. The maximum atomic E-state index is 12.9. The van der Waals surface area contributed by atoms with Gasteiger partial charge in [-0.1, -0.05) is 24.3 Å². The van der Waals surface area contributed by atoms with Gasteiger partial charge < -0.3 is 4.74 Å². The lowest BCUT2D eigenvalue weighted by atomic mass is 10.0. The molecule has 2 N–H and O–H groups in total. The van der Waals surface area contributed by atoms with Gasteiger partial charge in [0.1, 0.15) is 5.75 Å². The first-order valence-corrected chi connectivity index (χ1v) is 9.65. The highest BCUT2D eigenvalue weighted by Gasteiger charge is 2.36. The number of fused-ring (bicyclic) bond motifs is 1. The van der Waals surface area contributed by atoms with Crippen molar-refractivity contribution in [1.82, 2.24) is 15.5 Å². The van der Waals surface area contributed by atoms with E-state index in [2.05, 4.69) is 10.6 Å². The maximum absolute atomic E-state index is 12.9. The molecule has 1 saturated heterocycles. The first-order valence-electron chi connectivity index (χ1n) is 9.65. The normalized spacial score (nSPS) is 18.5. The van der Waals surface area contributed by atoms with Crippen LogP contribution in [0.25, 0.3) is 0 Å². The molecule has 2 heterocycles. The summed E-state index contributed by atoms with van der Waals surface area (Å²) in [6.45, 7) is 0.900. The molecule has 2 aliphatic heterocycles. The van der Waals surface area contributed by atoms with Crippen LogP contribution < -0.4 is 15.4 Å². The summed E-state index contributed by atoms with van der Waals surface area (Å²) in [5, 5.41) is 4.80. The first-order chi connectivity index (χ1) is 14.5. The largest absolute Gasteiger partial charge is 0.496 e. The van der Waals surface area contributed by atoms with Crippen LogP contribution in [-0.4, -0.2) is 41.7 Å². The molecule has 1 atom stereocenters. The molecule has 0 spiro atoms. The van der Waals surface area contributed by atoms with Crippen LogP contribution in [0.15, 0.2) is 42.5 Å². The molecule has 8 nitrogen and oxygen atoms in total. The molecule has 154 valence electrons. The summed E-state index contributed by atoms with van der Waals surface area (Å²) in [6.07, 6.45) is 0.747. The smallest absolute Gasteiger partial charge is 0.261 e. The first kappa shape index (κ1) is 19.8. The Morgan fingerprint density at radius 2 is 1.77 bits per heavy atom. The highest BCUT2D eigenvalue weighted by molar-refractivity contribution is 6.12. The number of rotatable bonds is 4. The Morgan fingerprint density at radius 1 is 1.03 bits per heavy atom. The van der Waals surface area contributed by atoms with Gasteiger partial charge in [-0.2, -0.15) is 0 Å². The zero-order valence-electron chi connectivity index (χ0n) is 16.4. The molecule has 0 aromatic heterocycles. The van der Waals surface area contributed by atoms with E-state index >= 15 is 0 Å². The molecule has 8 heteroatoms. The number of piperidine rings is 1. The monoisotopic (exact) mass is 407 g/mol. The van der Waals surface area contributed by atoms with E-state index in [0.717, 1.165) is 11.1 Å². The predicted octanol–water partition coefficient (Wildman–Crippen LogP) is 1.39. The minimum absolute atomic E-state index is 0.261. The second-order valence-corrected chi connectivity index (χ2v) is 7.30. The topological polar surface area (TPSA) is 105 Å². The summed E-state index contributed by atoms with van der Waals surface area (Å²) < 4.78 is 5.19. The van der Waals surface area contributed by atoms with Gasteiger partial charge in [0.2, 0.25) is 11.8 Å². The van der Waals surface area contributed by atoms with Crippen molar-refractivity contribution in [3.05, 3.63) is 64.7 Å². The standard InChI is InChI=1S/C22H21N3O5/c1-30-18-8-3-2-6-15(18)21(28)24-20(27)14-7-4-5-13-11-25(12-16(13)14)17-9-10-19(26)23-22(17)29/h2-8,17H,9-12H2,1H3,(H,23,26,29)(H,24,27,28). The van der Waals surface area contributed by atoms with Crippen molar-refractivity contribution in [3.8, 4) is 5.75 Å². The molecule has 2 aromatic carbocycles. The molecule has 1 fully saturated rings. The molecule has 0 bridgehead atoms. The van der Waals surface area contributed by atoms with E-state index in [4.69, 9.17) is 4.74 Å². The number of nitrogens with zero attached hydrogens (tertiary/aromatic N) is 1. The fraction of sp³-hybridized carbons (Fsp3) is 0.273. The van der Waals surface area contributed by atoms with Crippen LogP contribution in [0, 0.1) is 0 Å². The quantitative estimate of drug-likeness (QED) is 0.742. The van der Waals surface area contributed by atoms with Crippen molar-refractivity contribution in [2.75, 3.05) is 7.11 Å². The van der Waals surface area contributed by atoms with Crippen molar-refractivity contribution in [3.63, 3.8) is 0 Å². The van der Waals surface area contributed by atoms with E-state index in [9.17, 15) is 19.2 Å². The van der Waals surface area contributed by atoms with Gasteiger partial charge in [0.05, 0.1) is 18.7 Å². The molecule has 0 saturated carbocycles. The summed E-state index contributed by atoms with van der Waals surface area (Å²) in [7, 11) is 1.46. The van der Waals surface area contributed by atoms with Gasteiger partial charge in [-0.25, -0.2) is 0 Å². The SMILES string of the molecule is COc1ccccc1C(=O)NC(=O)c1cccc2c1CN(C1CCC(=O)NC1=O)C2. The zero-order valence-corrected chi connectivity index (χ0v) is 16.4. The van der Waals surface area contributed by atoms with Crippen LogP contribution in [0.2, 0.25) is 0 Å². The summed E-state index contributed by atoms with van der Waals surface area (Å²) in [4.78, 5) is 51.0. The zero-order chi connectivity index (χ0) is 21.3. The maximum Gasteiger partial charge on any atom is 0.261 e. The lowest BCUT2D eigenvalue weighted by Crippen LogP contribution is -2.50. The van der Waals surface area contributed by atoms with Gasteiger partial charge >= 0.3 is 0 Å². The van der Waals surface area contributed by atoms with E-state index in [1.165, 1.54) is 7.11 Å². The fourth-order valence-electron chi connectivity index (χ4n) is 3.98. The van der Waals surface area contributed by atoms with E-state index < -0.39 is 17.9 Å². The number of carbonyl (C=O) groups is 4. The summed E-state index contributed by atoms with van der Waals surface area (Å²) in [5.41, 5.74) is 2.38. The second kappa shape index (κ2) is 8.08. The van der Waals surface area contributed by atoms with Gasteiger partial charge in [-0.3, -0.25) is 34.7 Å². The molecule has 1 unspecified atom stereocenters. The third-order valence-electron chi connectivity index (χ3n) is 5.48. The van der Waals surface area contributed by atoms with Crippen molar-refractivity contribution in [2.24, 2.45) is 0 Å². The Morgan fingerprint density at radius 3 is 2.53 bits per heavy atom. The predicted molar refractivity (Wildman–Crippen MR) is 107 cm³/mol. The Balaban J connectivity index is 1.52. The van der Waals surface area contributed by atoms with Crippen LogP contribution in [0.4, 0.5) is 0 Å². The average Bonchev–Trinajstić information content (AvgIpc) is 3.17. The number of hydrogen-bond donors (Lipinski definition) is 2. The minimum Gasteiger partial charge on any atom is -0.496 e. The lowest BCUT2D eigenvalue weighted by molar-refractivity contribution is -0.137. The number of amides is 4. The molecule has 2 aromatic rings. The van der Waals surface area contributed by atoms with E-state index in [1.54, 1.807) is 36.4 Å². The molecule has 0 radical (unpaired) electrons. The summed E-state index contributed by atoms with van der Waals surface area (Å²) in [6, 6.07) is 11.6. The van der Waals surface area contributed by atoms with Gasteiger partial charge in [0.25, 0.3) is 11.8 Å². The fourth-order valence-corrected chi connectivity index (χ4v) is 3.98. The number of ether oxygens (including phenoxy) is 1. The van der Waals surface area contributed by atoms with Crippen molar-refractivity contribution >= 4 is 23.6 Å². The van der Waals surface area contributed by atoms with Crippen LogP contribution >= 0.6 is 0 Å². The van der Waals surface area contributed by atoms with Crippen LogP contribution in [0.3, 0.4) is 0 Å².